The van der Waals surface area contributed by atoms with Gasteiger partial charge in [0.15, 0.2) is 0 Å². The minimum Gasteiger partial charge on any atom is -0.497 e. The quantitative estimate of drug-likeness (QED) is 0.230. The molecule has 7 nitrogen and oxygen atoms in total. The predicted molar refractivity (Wildman–Crippen MR) is 151 cm³/mol. The second-order valence-electron chi connectivity index (χ2n) is 9.69. The van der Waals surface area contributed by atoms with E-state index in [2.05, 4.69) is 41.5 Å². The summed E-state index contributed by atoms with van der Waals surface area (Å²) in [6.45, 7) is 5.37. The molecule has 2 atom stereocenters. The molecule has 0 bridgehead atoms. The fourth-order valence-electron chi connectivity index (χ4n) is 4.57. The minimum atomic E-state index is -0.192. The number of hydrogen-bond donors (Lipinski definition) is 1. The number of aryl methyl sites for hydroxylation is 1. The Balaban J connectivity index is 1.32. The first kappa shape index (κ1) is 26.2. The second-order valence-corrected chi connectivity index (χ2v) is 9.69. The molecule has 4 aromatic rings. The summed E-state index contributed by atoms with van der Waals surface area (Å²) in [5.74, 6) is 1.87. The van der Waals surface area contributed by atoms with Gasteiger partial charge in [-0.15, -0.1) is 0 Å². The first-order valence-corrected chi connectivity index (χ1v) is 13.2. The van der Waals surface area contributed by atoms with E-state index in [9.17, 15) is 4.79 Å². The van der Waals surface area contributed by atoms with Gasteiger partial charge in [-0.1, -0.05) is 42.0 Å². The molecule has 1 aliphatic carbocycles. The Morgan fingerprint density at radius 2 is 1.87 bits per heavy atom. The van der Waals surface area contributed by atoms with Gasteiger partial charge in [-0.25, -0.2) is 9.97 Å². The molecule has 1 aliphatic rings. The van der Waals surface area contributed by atoms with Crippen LogP contribution in [0, 0.1) is 12.8 Å². The van der Waals surface area contributed by atoms with Crippen molar-refractivity contribution in [2.24, 2.45) is 5.92 Å². The SMILES string of the molecule is CCOC(=O)[C@H]1C[C@@H]1c1nc(-c2ccc(NCc3cccc(C)c3)nc2)ccc1OCc1ccc(OC)cc1. The van der Waals surface area contributed by atoms with Crippen molar-refractivity contribution in [2.75, 3.05) is 19.0 Å². The van der Waals surface area contributed by atoms with Crippen molar-refractivity contribution in [3.05, 3.63) is 101 Å². The Kier molecular flexibility index (Phi) is 8.06. The van der Waals surface area contributed by atoms with Crippen LogP contribution in [0.25, 0.3) is 11.3 Å². The molecule has 0 radical (unpaired) electrons. The highest BCUT2D eigenvalue weighted by Gasteiger charge is 2.47. The number of methoxy groups -OCH3 is 1. The zero-order valence-corrected chi connectivity index (χ0v) is 22.5. The van der Waals surface area contributed by atoms with Crippen molar-refractivity contribution in [3.8, 4) is 22.8 Å². The van der Waals surface area contributed by atoms with Crippen LogP contribution in [0.4, 0.5) is 5.82 Å². The van der Waals surface area contributed by atoms with E-state index in [4.69, 9.17) is 19.2 Å². The van der Waals surface area contributed by atoms with Crippen molar-refractivity contribution in [2.45, 2.75) is 39.3 Å². The average Bonchev–Trinajstić information content (AvgIpc) is 3.77. The van der Waals surface area contributed by atoms with Crippen LogP contribution >= 0.6 is 0 Å². The maximum atomic E-state index is 12.4. The lowest BCUT2D eigenvalue weighted by Crippen LogP contribution is -2.08. The molecule has 1 N–H and O–H groups in total. The third-order valence-corrected chi connectivity index (χ3v) is 6.79. The number of aromatic nitrogens is 2. The highest BCUT2D eigenvalue weighted by molar-refractivity contribution is 5.77. The van der Waals surface area contributed by atoms with Crippen molar-refractivity contribution in [3.63, 3.8) is 0 Å². The number of rotatable bonds is 11. The molecule has 0 saturated heterocycles. The van der Waals surface area contributed by atoms with E-state index in [0.717, 1.165) is 34.1 Å². The molecule has 5 rings (SSSR count). The van der Waals surface area contributed by atoms with Crippen LogP contribution < -0.4 is 14.8 Å². The smallest absolute Gasteiger partial charge is 0.309 e. The van der Waals surface area contributed by atoms with Gasteiger partial charge >= 0.3 is 5.97 Å². The Morgan fingerprint density at radius 1 is 1.03 bits per heavy atom. The Hall–Kier alpha value is -4.39. The summed E-state index contributed by atoms with van der Waals surface area (Å²) in [6, 6.07) is 24.0. The molecular weight excluding hydrogens is 490 g/mol. The van der Waals surface area contributed by atoms with E-state index in [1.807, 2.05) is 61.7 Å². The average molecular weight is 524 g/mol. The van der Waals surface area contributed by atoms with Crippen molar-refractivity contribution >= 4 is 11.8 Å². The molecule has 0 unspecified atom stereocenters. The van der Waals surface area contributed by atoms with Crippen LogP contribution in [0.2, 0.25) is 0 Å². The number of pyridine rings is 2. The van der Waals surface area contributed by atoms with Crippen LogP contribution in [0.15, 0.2) is 79.0 Å². The molecule has 2 aromatic carbocycles. The normalized spacial score (nSPS) is 15.9. The van der Waals surface area contributed by atoms with Gasteiger partial charge in [0.1, 0.15) is 23.9 Å². The lowest BCUT2D eigenvalue weighted by Gasteiger charge is -2.13. The van der Waals surface area contributed by atoms with Crippen LogP contribution in [-0.4, -0.2) is 29.7 Å². The standard InChI is InChI=1S/C32H33N3O4/c1-4-38-32(36)27-17-26(27)31-29(39-20-22-8-11-25(37-3)12-9-22)14-13-28(35-31)24-10-15-30(34-19-24)33-18-23-7-5-6-21(2)16-23/h5-16,19,26-27H,4,17-18,20H2,1-3H3,(H,33,34)/t26-,27-/m0/s1. The first-order chi connectivity index (χ1) is 19.0. The zero-order chi connectivity index (χ0) is 27.2. The molecule has 0 amide bonds. The van der Waals surface area contributed by atoms with Gasteiger partial charge in [0.25, 0.3) is 0 Å². The summed E-state index contributed by atoms with van der Waals surface area (Å²) < 4.78 is 16.7. The summed E-state index contributed by atoms with van der Waals surface area (Å²) in [7, 11) is 1.64. The predicted octanol–water partition coefficient (Wildman–Crippen LogP) is 6.32. The van der Waals surface area contributed by atoms with E-state index < -0.39 is 0 Å². The molecule has 2 aromatic heterocycles. The molecule has 0 aliphatic heterocycles. The molecule has 39 heavy (non-hydrogen) atoms. The maximum Gasteiger partial charge on any atom is 0.309 e. The Labute approximate surface area is 229 Å². The summed E-state index contributed by atoms with van der Waals surface area (Å²) in [6.07, 6.45) is 2.52. The molecule has 200 valence electrons. The maximum absolute atomic E-state index is 12.4. The third kappa shape index (κ3) is 6.55. The lowest BCUT2D eigenvalue weighted by molar-refractivity contribution is -0.144. The molecule has 2 heterocycles. The second kappa shape index (κ2) is 12.0. The molecule has 1 saturated carbocycles. The monoisotopic (exact) mass is 523 g/mol. The molecule has 0 spiro atoms. The first-order valence-electron chi connectivity index (χ1n) is 13.2. The van der Waals surface area contributed by atoms with Gasteiger partial charge in [0.05, 0.1) is 31.0 Å². The van der Waals surface area contributed by atoms with Crippen molar-refractivity contribution < 1.29 is 19.0 Å². The topological polar surface area (TPSA) is 82.6 Å². The largest absolute Gasteiger partial charge is 0.497 e. The highest BCUT2D eigenvalue weighted by atomic mass is 16.5. The van der Waals surface area contributed by atoms with Gasteiger partial charge in [-0.2, -0.15) is 0 Å². The Morgan fingerprint density at radius 3 is 2.59 bits per heavy atom. The number of nitrogens with one attached hydrogen (secondary N) is 1. The van der Waals surface area contributed by atoms with E-state index in [0.29, 0.717) is 31.9 Å². The van der Waals surface area contributed by atoms with Gasteiger partial charge < -0.3 is 19.5 Å². The molecule has 1 fully saturated rings. The number of benzene rings is 2. The van der Waals surface area contributed by atoms with E-state index in [-0.39, 0.29) is 17.8 Å². The van der Waals surface area contributed by atoms with Gasteiger partial charge in [0, 0.05) is 24.2 Å². The van der Waals surface area contributed by atoms with Crippen LogP contribution in [0.3, 0.4) is 0 Å². The molecule has 7 heteroatoms. The van der Waals surface area contributed by atoms with E-state index in [1.54, 1.807) is 7.11 Å². The third-order valence-electron chi connectivity index (χ3n) is 6.79. The highest BCUT2D eigenvalue weighted by Crippen LogP contribution is 2.50. The van der Waals surface area contributed by atoms with Crippen LogP contribution in [0.5, 0.6) is 11.5 Å². The van der Waals surface area contributed by atoms with Crippen LogP contribution in [0.1, 0.15) is 41.6 Å². The number of anilines is 1. The number of ether oxygens (including phenoxy) is 3. The summed E-state index contributed by atoms with van der Waals surface area (Å²) in [5.41, 5.74) is 5.92. The van der Waals surface area contributed by atoms with Crippen molar-refractivity contribution in [1.82, 2.24) is 9.97 Å². The van der Waals surface area contributed by atoms with Gasteiger partial charge in [-0.05, 0) is 67.8 Å². The lowest BCUT2D eigenvalue weighted by atomic mass is 10.1. The van der Waals surface area contributed by atoms with Crippen molar-refractivity contribution in [1.29, 1.82) is 0 Å². The fourth-order valence-corrected chi connectivity index (χ4v) is 4.57. The zero-order valence-electron chi connectivity index (χ0n) is 22.5. The number of carbonyl (C=O) groups excluding carboxylic acids is 1. The number of hydrogen-bond acceptors (Lipinski definition) is 7. The van der Waals surface area contributed by atoms with Crippen LogP contribution in [-0.2, 0) is 22.7 Å². The number of esters is 1. The fraction of sp³-hybridized carbons (Fsp3) is 0.281. The van der Waals surface area contributed by atoms with E-state index in [1.165, 1.54) is 11.1 Å². The minimum absolute atomic E-state index is 0.0295. The summed E-state index contributed by atoms with van der Waals surface area (Å²) >= 11 is 0. The van der Waals surface area contributed by atoms with E-state index >= 15 is 0 Å². The summed E-state index contributed by atoms with van der Waals surface area (Å²) in [5, 5.41) is 3.37. The van der Waals surface area contributed by atoms with Gasteiger partial charge in [-0.3, -0.25) is 4.79 Å². The Bertz CT molecular complexity index is 1420. The summed E-state index contributed by atoms with van der Waals surface area (Å²) in [4.78, 5) is 21.9. The number of carbonyl (C=O) groups is 1. The van der Waals surface area contributed by atoms with Gasteiger partial charge in [0.2, 0.25) is 0 Å². The molecular formula is C32H33N3O4. The number of nitrogens with zero attached hydrogens (tertiary/aromatic N) is 2.